The van der Waals surface area contributed by atoms with Crippen molar-refractivity contribution in [1.29, 1.82) is 0 Å². The molecule has 0 saturated heterocycles. The maximum atomic E-state index is 13.2. The van der Waals surface area contributed by atoms with E-state index in [0.717, 1.165) is 11.1 Å². The minimum Gasteiger partial charge on any atom is -0.450 e. The van der Waals surface area contributed by atoms with Gasteiger partial charge in [-0.1, -0.05) is 42.0 Å². The van der Waals surface area contributed by atoms with Gasteiger partial charge in [0.15, 0.2) is 5.76 Å². The fraction of sp³-hybridized carbons (Fsp3) is 0.0400. The number of carbonyl (C=O) groups excluding carboxylic acids is 2. The van der Waals surface area contributed by atoms with Gasteiger partial charge in [-0.25, -0.2) is 4.39 Å². The van der Waals surface area contributed by atoms with E-state index in [1.165, 1.54) is 30.3 Å². The molecule has 0 aliphatic rings. The van der Waals surface area contributed by atoms with Gasteiger partial charge >= 0.3 is 0 Å². The van der Waals surface area contributed by atoms with Crippen LogP contribution in [0.3, 0.4) is 0 Å². The highest BCUT2D eigenvalue weighted by Gasteiger charge is 2.23. The summed E-state index contributed by atoms with van der Waals surface area (Å²) in [5, 5.41) is 3.37. The second kappa shape index (κ2) is 8.17. The number of halogens is 1. The van der Waals surface area contributed by atoms with Gasteiger partial charge in [0.25, 0.3) is 0 Å². The van der Waals surface area contributed by atoms with Gasteiger partial charge in [-0.3, -0.25) is 9.59 Å². The van der Waals surface area contributed by atoms with E-state index in [1.807, 2.05) is 31.2 Å². The number of ketones is 1. The molecule has 0 unspecified atom stereocenters. The van der Waals surface area contributed by atoms with Crippen LogP contribution < -0.4 is 5.32 Å². The molecule has 1 aromatic heterocycles. The number of benzene rings is 3. The van der Waals surface area contributed by atoms with Crippen LogP contribution >= 0.6 is 0 Å². The molecule has 0 saturated carbocycles. The number of aryl methyl sites for hydroxylation is 1. The maximum absolute atomic E-state index is 13.2. The Bertz CT molecular complexity index is 1250. The highest BCUT2D eigenvalue weighted by Crippen LogP contribution is 2.32. The number of amides is 1. The molecule has 1 amide bonds. The zero-order valence-corrected chi connectivity index (χ0v) is 16.2. The molecule has 148 valence electrons. The Balaban J connectivity index is 1.66. The molecule has 4 nitrogen and oxygen atoms in total. The average molecular weight is 399 g/mol. The number of para-hydroxylation sites is 1. The highest BCUT2D eigenvalue weighted by atomic mass is 19.1. The van der Waals surface area contributed by atoms with Crippen LogP contribution in [-0.4, -0.2) is 11.7 Å². The number of hydrogen-bond acceptors (Lipinski definition) is 3. The van der Waals surface area contributed by atoms with E-state index >= 15 is 0 Å². The molecule has 0 atom stereocenters. The first-order chi connectivity index (χ1) is 14.5. The number of carbonyl (C=O) groups is 2. The van der Waals surface area contributed by atoms with Crippen LogP contribution in [0, 0.1) is 12.7 Å². The topological polar surface area (TPSA) is 59.3 Å². The third-order valence-electron chi connectivity index (χ3n) is 4.66. The lowest BCUT2D eigenvalue weighted by Gasteiger charge is -2.04. The van der Waals surface area contributed by atoms with Gasteiger partial charge in [0.05, 0.1) is 5.69 Å². The van der Waals surface area contributed by atoms with Crippen LogP contribution in [0.15, 0.2) is 83.3 Å². The smallest absolute Gasteiger partial charge is 0.248 e. The van der Waals surface area contributed by atoms with E-state index in [0.29, 0.717) is 16.7 Å². The van der Waals surface area contributed by atoms with Crippen molar-refractivity contribution in [3.8, 4) is 0 Å². The minimum atomic E-state index is -0.441. The van der Waals surface area contributed by atoms with E-state index < -0.39 is 17.5 Å². The lowest BCUT2D eigenvalue weighted by molar-refractivity contribution is -0.111. The fourth-order valence-electron chi connectivity index (χ4n) is 3.08. The van der Waals surface area contributed by atoms with E-state index in [1.54, 1.807) is 30.3 Å². The monoisotopic (exact) mass is 399 g/mol. The Labute approximate surface area is 172 Å². The molecule has 0 aliphatic carbocycles. The highest BCUT2D eigenvalue weighted by molar-refractivity contribution is 6.18. The van der Waals surface area contributed by atoms with Crippen LogP contribution in [0.25, 0.3) is 17.0 Å². The van der Waals surface area contributed by atoms with Crippen LogP contribution in [0.4, 0.5) is 10.1 Å². The van der Waals surface area contributed by atoms with Crippen molar-refractivity contribution in [2.75, 3.05) is 5.32 Å². The Morgan fingerprint density at radius 2 is 1.63 bits per heavy atom. The Kier molecular flexibility index (Phi) is 5.26. The minimum absolute atomic E-state index is 0.0000981. The van der Waals surface area contributed by atoms with Gasteiger partial charge in [-0.05, 0) is 55.0 Å². The molecular weight excluding hydrogens is 381 g/mol. The van der Waals surface area contributed by atoms with Crippen molar-refractivity contribution in [1.82, 2.24) is 0 Å². The SMILES string of the molecule is Cc1ccc(C=CC(=O)Nc2c(C(=O)c3ccc(F)cc3)oc3ccccc23)cc1. The van der Waals surface area contributed by atoms with Gasteiger partial charge in [0, 0.05) is 17.0 Å². The summed E-state index contributed by atoms with van der Waals surface area (Å²) in [5.74, 6) is -1.27. The third kappa shape index (κ3) is 4.05. The maximum Gasteiger partial charge on any atom is 0.248 e. The number of anilines is 1. The molecule has 3 aromatic carbocycles. The number of hydrogen-bond donors (Lipinski definition) is 1. The molecule has 0 bridgehead atoms. The van der Waals surface area contributed by atoms with E-state index in [9.17, 15) is 14.0 Å². The molecule has 4 aromatic rings. The van der Waals surface area contributed by atoms with E-state index in [-0.39, 0.29) is 11.3 Å². The van der Waals surface area contributed by atoms with Crippen LogP contribution in [0.1, 0.15) is 27.2 Å². The van der Waals surface area contributed by atoms with Crippen molar-refractivity contribution in [3.63, 3.8) is 0 Å². The number of rotatable bonds is 5. The fourth-order valence-corrected chi connectivity index (χ4v) is 3.08. The number of furan rings is 1. The first kappa shape index (κ1) is 19.3. The van der Waals surface area contributed by atoms with Gasteiger partial charge < -0.3 is 9.73 Å². The van der Waals surface area contributed by atoms with Crippen molar-refractivity contribution >= 4 is 34.4 Å². The summed E-state index contributed by atoms with van der Waals surface area (Å²) < 4.78 is 19.0. The molecule has 5 heteroatoms. The summed E-state index contributed by atoms with van der Waals surface area (Å²) >= 11 is 0. The van der Waals surface area contributed by atoms with Crippen molar-refractivity contribution in [2.24, 2.45) is 0 Å². The first-order valence-corrected chi connectivity index (χ1v) is 9.39. The molecular formula is C25H18FNO3. The van der Waals surface area contributed by atoms with Crippen molar-refractivity contribution in [2.45, 2.75) is 6.92 Å². The Morgan fingerprint density at radius 1 is 0.933 bits per heavy atom. The van der Waals surface area contributed by atoms with Crippen LogP contribution in [0.5, 0.6) is 0 Å². The second-order valence-corrected chi connectivity index (χ2v) is 6.87. The molecule has 30 heavy (non-hydrogen) atoms. The zero-order chi connectivity index (χ0) is 21.1. The molecule has 0 radical (unpaired) electrons. The van der Waals surface area contributed by atoms with Crippen LogP contribution in [-0.2, 0) is 4.79 Å². The average Bonchev–Trinajstić information content (AvgIpc) is 3.12. The molecule has 4 rings (SSSR count). The molecule has 1 heterocycles. The number of fused-ring (bicyclic) bond motifs is 1. The summed E-state index contributed by atoms with van der Waals surface area (Å²) in [6, 6.07) is 20.0. The zero-order valence-electron chi connectivity index (χ0n) is 16.2. The molecule has 0 aliphatic heterocycles. The lowest BCUT2D eigenvalue weighted by atomic mass is 10.1. The Hall–Kier alpha value is -3.99. The summed E-state index contributed by atoms with van der Waals surface area (Å²) in [7, 11) is 0. The summed E-state index contributed by atoms with van der Waals surface area (Å²) in [5.41, 5.74) is 3.04. The first-order valence-electron chi connectivity index (χ1n) is 9.39. The van der Waals surface area contributed by atoms with Crippen molar-refractivity contribution in [3.05, 3.63) is 107 Å². The third-order valence-corrected chi connectivity index (χ3v) is 4.66. The summed E-state index contributed by atoms with van der Waals surface area (Å²) in [6.07, 6.45) is 3.09. The summed E-state index contributed by atoms with van der Waals surface area (Å²) in [4.78, 5) is 25.5. The number of nitrogens with one attached hydrogen (secondary N) is 1. The predicted octanol–water partition coefficient (Wildman–Crippen LogP) is 5.76. The predicted molar refractivity (Wildman–Crippen MR) is 115 cm³/mol. The second-order valence-electron chi connectivity index (χ2n) is 6.87. The van der Waals surface area contributed by atoms with Crippen molar-refractivity contribution < 1.29 is 18.4 Å². The van der Waals surface area contributed by atoms with Gasteiger partial charge in [0.1, 0.15) is 11.4 Å². The molecule has 0 fully saturated rings. The van der Waals surface area contributed by atoms with Gasteiger partial charge in [-0.15, -0.1) is 0 Å². The normalized spacial score (nSPS) is 11.1. The van der Waals surface area contributed by atoms with Crippen LogP contribution in [0.2, 0.25) is 0 Å². The Morgan fingerprint density at radius 3 is 2.37 bits per heavy atom. The van der Waals surface area contributed by atoms with Gasteiger partial charge in [0.2, 0.25) is 11.7 Å². The van der Waals surface area contributed by atoms with E-state index in [2.05, 4.69) is 5.32 Å². The standard InChI is InChI=1S/C25H18FNO3/c1-16-6-8-17(9-7-16)10-15-22(28)27-23-20-4-2-3-5-21(20)30-25(23)24(29)18-11-13-19(26)14-12-18/h2-15H,1H3,(H,27,28). The van der Waals surface area contributed by atoms with Gasteiger partial charge in [-0.2, -0.15) is 0 Å². The quantitative estimate of drug-likeness (QED) is 0.343. The lowest BCUT2D eigenvalue weighted by Crippen LogP contribution is -2.11. The van der Waals surface area contributed by atoms with E-state index in [4.69, 9.17) is 4.42 Å². The molecule has 0 spiro atoms. The summed E-state index contributed by atoms with van der Waals surface area (Å²) in [6.45, 7) is 1.99. The molecule has 1 N–H and O–H groups in total. The largest absolute Gasteiger partial charge is 0.450 e.